The Morgan fingerprint density at radius 3 is 0.469 bits per heavy atom. The van der Waals surface area contributed by atoms with Crippen LogP contribution in [0.2, 0.25) is 0 Å². The molecule has 0 aliphatic heterocycles. The fourth-order valence-electron chi connectivity index (χ4n) is 7.38. The SMILES string of the molecule is C=COCC(COCCOCCC)COCC(COCCOCCC)COCC(COCCOCCC)COCC(COCCOCCC)COCC(COCCOCCC)COCC(COCCOCCC)COCCOCCC. The molecule has 0 aliphatic carbocycles. The van der Waals surface area contributed by atoms with Crippen LogP contribution in [0.5, 0.6) is 0 Å². The zero-order valence-electron chi connectivity index (χ0n) is 52.4. The van der Waals surface area contributed by atoms with Gasteiger partial charge in [-0.2, -0.15) is 0 Å². The number of hydrogen-bond acceptors (Lipinski definition) is 20. The lowest BCUT2D eigenvalue weighted by Crippen LogP contribution is -2.31. The molecule has 0 aromatic rings. The van der Waals surface area contributed by atoms with Crippen LogP contribution in [0.25, 0.3) is 0 Å². The summed E-state index contributed by atoms with van der Waals surface area (Å²) in [6.45, 7) is 38.5. The fourth-order valence-corrected chi connectivity index (χ4v) is 7.38. The second kappa shape index (κ2) is 67.9. The Hall–Kier alpha value is -1.22. The highest BCUT2D eigenvalue weighted by atomic mass is 16.6. The molecule has 0 aromatic heterocycles. The van der Waals surface area contributed by atoms with E-state index in [9.17, 15) is 0 Å². The first-order valence-electron chi connectivity index (χ1n) is 31.2. The van der Waals surface area contributed by atoms with Crippen LogP contribution in [-0.4, -0.2) is 258 Å². The molecule has 0 fully saturated rings. The molecule has 0 amide bonds. The van der Waals surface area contributed by atoms with Crippen molar-refractivity contribution in [3.05, 3.63) is 12.8 Å². The third kappa shape index (κ3) is 58.9. The van der Waals surface area contributed by atoms with Crippen molar-refractivity contribution >= 4 is 0 Å². The van der Waals surface area contributed by atoms with Crippen molar-refractivity contribution in [1.29, 1.82) is 0 Å². The minimum absolute atomic E-state index is 0.0144. The van der Waals surface area contributed by atoms with E-state index in [1.807, 2.05) is 0 Å². The molecule has 5 unspecified atom stereocenters. The van der Waals surface area contributed by atoms with Crippen molar-refractivity contribution in [2.45, 2.75) is 93.4 Å². The minimum atomic E-state index is -0.0622. The summed E-state index contributed by atoms with van der Waals surface area (Å²) in [7, 11) is 0. The zero-order valence-corrected chi connectivity index (χ0v) is 52.4. The van der Waals surface area contributed by atoms with Gasteiger partial charge in [0.2, 0.25) is 0 Å². The monoisotopic (exact) mass is 1170 g/mol. The van der Waals surface area contributed by atoms with Gasteiger partial charge in [0, 0.05) is 81.8 Å². The molecule has 20 heteroatoms. The average Bonchev–Trinajstić information content (AvgIpc) is 3.47. The maximum atomic E-state index is 6.49. The molecule has 0 heterocycles. The summed E-state index contributed by atoms with van der Waals surface area (Å²) in [6, 6.07) is 0. The summed E-state index contributed by atoms with van der Waals surface area (Å²) in [4.78, 5) is 0. The van der Waals surface area contributed by atoms with Crippen molar-refractivity contribution < 1.29 is 94.7 Å². The molecule has 0 rings (SSSR count). The molecule has 5 atom stereocenters. The smallest absolute Gasteiger partial charge is 0.0945 e. The predicted octanol–water partition coefficient (Wildman–Crippen LogP) is 8.03. The van der Waals surface area contributed by atoms with Gasteiger partial charge in [-0.25, -0.2) is 0 Å². The first kappa shape index (κ1) is 79.8. The van der Waals surface area contributed by atoms with E-state index in [-0.39, 0.29) is 35.5 Å². The van der Waals surface area contributed by atoms with Crippen LogP contribution in [0.3, 0.4) is 0 Å². The molecule has 0 N–H and O–H groups in total. The van der Waals surface area contributed by atoms with Crippen molar-refractivity contribution in [2.75, 3.05) is 258 Å². The van der Waals surface area contributed by atoms with Gasteiger partial charge in [0.15, 0.2) is 0 Å². The Bertz CT molecular complexity index is 1170. The van der Waals surface area contributed by atoms with Gasteiger partial charge in [-0.3, -0.25) is 0 Å². The quantitative estimate of drug-likeness (QED) is 0.0421. The van der Waals surface area contributed by atoms with Gasteiger partial charge in [0.25, 0.3) is 0 Å². The third-order valence-electron chi connectivity index (χ3n) is 11.5. The van der Waals surface area contributed by atoms with E-state index in [0.717, 1.165) is 64.8 Å². The summed E-state index contributed by atoms with van der Waals surface area (Å²) < 4.78 is 119. The minimum Gasteiger partial charge on any atom is -0.501 e. The largest absolute Gasteiger partial charge is 0.501 e. The Kier molecular flexibility index (Phi) is 66.9. The highest BCUT2D eigenvalue weighted by molar-refractivity contribution is 4.66. The Balaban J connectivity index is 5.93. The summed E-state index contributed by atoms with van der Waals surface area (Å²) in [5, 5.41) is 0. The van der Waals surface area contributed by atoms with Gasteiger partial charge in [0.1, 0.15) is 0 Å². The van der Waals surface area contributed by atoms with E-state index in [0.29, 0.717) is 238 Å². The van der Waals surface area contributed by atoms with E-state index >= 15 is 0 Å². The highest BCUT2D eigenvalue weighted by Crippen LogP contribution is 2.12. The fraction of sp³-hybridized carbons (Fsp3) is 0.967. The van der Waals surface area contributed by atoms with Gasteiger partial charge < -0.3 is 94.7 Å². The first-order valence-corrected chi connectivity index (χ1v) is 31.2. The predicted molar refractivity (Wildman–Crippen MR) is 315 cm³/mol. The number of hydrogen-bond donors (Lipinski definition) is 0. The molecule has 0 bridgehead atoms. The molecule has 20 nitrogen and oxygen atoms in total. The molecule has 0 saturated heterocycles. The lowest BCUT2D eigenvalue weighted by Gasteiger charge is -2.24. The second-order valence-electron chi connectivity index (χ2n) is 20.2. The summed E-state index contributed by atoms with van der Waals surface area (Å²) in [5.41, 5.74) is 0. The molecular weight excluding hydrogens is 1050 g/mol. The number of ether oxygens (including phenoxy) is 20. The van der Waals surface area contributed by atoms with E-state index in [2.05, 4.69) is 55.0 Å². The molecule has 0 aliphatic rings. The van der Waals surface area contributed by atoms with E-state index in [1.165, 1.54) is 6.26 Å². The Morgan fingerprint density at radius 2 is 0.321 bits per heavy atom. The van der Waals surface area contributed by atoms with Gasteiger partial charge >= 0.3 is 0 Å². The second-order valence-corrected chi connectivity index (χ2v) is 20.2. The first-order chi connectivity index (χ1) is 40.0. The van der Waals surface area contributed by atoms with Crippen LogP contribution in [-0.2, 0) is 94.7 Å². The lowest BCUT2D eigenvalue weighted by molar-refractivity contribution is -0.0702. The summed E-state index contributed by atoms with van der Waals surface area (Å²) in [6.07, 6.45) is 8.18. The maximum absolute atomic E-state index is 6.49. The molecule has 0 saturated carbocycles. The van der Waals surface area contributed by atoms with Crippen LogP contribution in [0.4, 0.5) is 0 Å². The van der Waals surface area contributed by atoms with E-state index in [4.69, 9.17) is 94.7 Å². The van der Waals surface area contributed by atoms with Gasteiger partial charge in [-0.1, -0.05) is 55.0 Å². The van der Waals surface area contributed by atoms with Crippen molar-refractivity contribution in [2.24, 2.45) is 35.5 Å². The Labute approximate surface area is 492 Å². The molecule has 81 heavy (non-hydrogen) atoms. The van der Waals surface area contributed by atoms with Crippen LogP contribution in [0.1, 0.15) is 93.4 Å². The van der Waals surface area contributed by atoms with Crippen molar-refractivity contribution in [3.8, 4) is 0 Å². The maximum Gasteiger partial charge on any atom is 0.0945 e. The standard InChI is InChI=1S/C61H122O20/c1-9-17-63-24-31-70-39-56(38-62-16-8)46-77-48-58(42-73-34-27-66-20-12-4)50-79-52-60(44-75-36-29-68-22-14-6)54-81-55-61(45-76-37-30-69-23-15-7)53-80-51-59(43-74-35-28-67-21-13-5)49-78-47-57(40-71-32-25-64-18-10-2)41-72-33-26-65-19-11-3/h16,56-61H,8-15,17-55H2,1-7H3. The summed E-state index contributed by atoms with van der Waals surface area (Å²) in [5.74, 6) is -0.151. The molecule has 0 radical (unpaired) electrons. The van der Waals surface area contributed by atoms with Gasteiger partial charge in [0.05, 0.1) is 218 Å². The third-order valence-corrected chi connectivity index (χ3v) is 11.5. The van der Waals surface area contributed by atoms with Gasteiger partial charge in [-0.05, 0) is 44.9 Å². The van der Waals surface area contributed by atoms with Gasteiger partial charge in [-0.15, -0.1) is 0 Å². The normalized spacial score (nSPS) is 13.8. The molecule has 0 spiro atoms. The van der Waals surface area contributed by atoms with Crippen LogP contribution >= 0.6 is 0 Å². The van der Waals surface area contributed by atoms with E-state index < -0.39 is 0 Å². The average molecular weight is 1180 g/mol. The molecule has 0 aromatic carbocycles. The van der Waals surface area contributed by atoms with E-state index in [1.54, 1.807) is 0 Å². The molecule has 486 valence electrons. The zero-order chi connectivity index (χ0) is 58.8. The van der Waals surface area contributed by atoms with Crippen LogP contribution in [0.15, 0.2) is 12.8 Å². The number of rotatable bonds is 72. The highest BCUT2D eigenvalue weighted by Gasteiger charge is 2.20. The van der Waals surface area contributed by atoms with Crippen molar-refractivity contribution in [3.63, 3.8) is 0 Å². The molecular formula is C61H122O20. The lowest BCUT2D eigenvalue weighted by atomic mass is 10.1. The Morgan fingerprint density at radius 1 is 0.185 bits per heavy atom. The van der Waals surface area contributed by atoms with Crippen LogP contribution in [0, 0.1) is 35.5 Å². The van der Waals surface area contributed by atoms with Crippen molar-refractivity contribution in [1.82, 2.24) is 0 Å². The van der Waals surface area contributed by atoms with Crippen LogP contribution < -0.4 is 0 Å². The summed E-state index contributed by atoms with van der Waals surface area (Å²) >= 11 is 0. The topological polar surface area (TPSA) is 185 Å².